The van der Waals surface area contributed by atoms with E-state index in [1.807, 2.05) is 26.0 Å². The van der Waals surface area contributed by atoms with Gasteiger partial charge in [-0.05, 0) is 79.2 Å². The molecule has 1 aliphatic rings. The highest BCUT2D eigenvalue weighted by molar-refractivity contribution is 7.09. The van der Waals surface area contributed by atoms with Crippen LogP contribution < -0.4 is 31.2 Å². The van der Waals surface area contributed by atoms with E-state index in [4.69, 9.17) is 25.7 Å². The highest BCUT2D eigenvalue weighted by atomic mass is 32.1. The highest BCUT2D eigenvalue weighted by Crippen LogP contribution is 2.37. The fourth-order valence-electron chi connectivity index (χ4n) is 4.55. The van der Waals surface area contributed by atoms with Crippen LogP contribution in [0, 0.1) is 13.8 Å². The molecule has 2 heterocycles. The molecule has 1 aliphatic heterocycles. The maximum absolute atomic E-state index is 14.3. The molecule has 212 valence electrons. The molecule has 12 heteroatoms. The summed E-state index contributed by atoms with van der Waals surface area (Å²) in [7, 11) is 3.00. The molecule has 0 unspecified atom stereocenters. The lowest BCUT2D eigenvalue weighted by molar-refractivity contribution is -0.123. The summed E-state index contributed by atoms with van der Waals surface area (Å²) in [4.78, 5) is 41.5. The quantitative estimate of drug-likeness (QED) is 0.337. The zero-order valence-electron chi connectivity index (χ0n) is 22.9. The molecule has 0 spiro atoms. The number of methoxy groups -OCH3 is 2. The van der Waals surface area contributed by atoms with Crippen molar-refractivity contribution in [3.05, 3.63) is 63.7 Å². The van der Waals surface area contributed by atoms with Gasteiger partial charge >= 0.3 is 0 Å². The summed E-state index contributed by atoms with van der Waals surface area (Å²) in [6.45, 7) is 4.79. The monoisotopic (exact) mass is 567 g/mol. The van der Waals surface area contributed by atoms with Crippen molar-refractivity contribution in [3.8, 4) is 11.5 Å². The molecule has 40 heavy (non-hydrogen) atoms. The van der Waals surface area contributed by atoms with Crippen molar-refractivity contribution < 1.29 is 28.6 Å². The molecule has 0 radical (unpaired) electrons. The maximum Gasteiger partial charge on any atom is 0.273 e. The Labute approximate surface area is 236 Å². The number of anilines is 2. The summed E-state index contributed by atoms with van der Waals surface area (Å²) in [6.07, 6.45) is 1.63. The summed E-state index contributed by atoms with van der Waals surface area (Å²) in [5.74, 6) is -1.05. The Hall–Kier alpha value is -4.16. The van der Waals surface area contributed by atoms with Crippen molar-refractivity contribution in [1.82, 2.24) is 9.69 Å². The summed E-state index contributed by atoms with van der Waals surface area (Å²) < 4.78 is 20.6. The van der Waals surface area contributed by atoms with E-state index >= 15 is 0 Å². The number of nitrogen functional groups attached to an aromatic ring is 1. The first-order valence-electron chi connectivity index (χ1n) is 12.7. The van der Waals surface area contributed by atoms with Crippen LogP contribution in [0.5, 0.6) is 11.5 Å². The molecular weight excluding hydrogens is 534 g/mol. The number of benzene rings is 2. The number of rotatable bonds is 10. The molecule has 2 atom stereocenters. The van der Waals surface area contributed by atoms with E-state index in [0.717, 1.165) is 35.5 Å². The normalized spacial score (nSPS) is 15.3. The molecule has 2 aromatic carbocycles. The predicted octanol–water partition coefficient (Wildman–Crippen LogP) is 3.14. The van der Waals surface area contributed by atoms with E-state index in [0.29, 0.717) is 29.4 Å². The van der Waals surface area contributed by atoms with Crippen LogP contribution in [0.15, 0.2) is 36.4 Å². The van der Waals surface area contributed by atoms with Gasteiger partial charge in [0.25, 0.3) is 11.8 Å². The minimum Gasteiger partial charge on any atom is -0.493 e. The van der Waals surface area contributed by atoms with Crippen LogP contribution in [-0.2, 0) is 9.53 Å². The average Bonchev–Trinajstić information content (AvgIpc) is 3.61. The minimum absolute atomic E-state index is 0.00979. The van der Waals surface area contributed by atoms with Gasteiger partial charge in [-0.25, -0.2) is 0 Å². The van der Waals surface area contributed by atoms with Gasteiger partial charge in [-0.1, -0.05) is 12.1 Å². The smallest absolute Gasteiger partial charge is 0.273 e. The number of hydrogen-bond donors (Lipinski definition) is 3. The van der Waals surface area contributed by atoms with Crippen molar-refractivity contribution in [2.75, 3.05) is 38.0 Å². The van der Waals surface area contributed by atoms with E-state index < -0.39 is 23.8 Å². The molecule has 3 aromatic rings. The van der Waals surface area contributed by atoms with Crippen LogP contribution in [0.1, 0.15) is 55.7 Å². The van der Waals surface area contributed by atoms with E-state index in [2.05, 4.69) is 9.69 Å². The van der Waals surface area contributed by atoms with Crippen molar-refractivity contribution in [2.24, 2.45) is 5.73 Å². The summed E-state index contributed by atoms with van der Waals surface area (Å²) >= 11 is 0.751. The molecule has 5 N–H and O–H groups in total. The van der Waals surface area contributed by atoms with E-state index in [-0.39, 0.29) is 28.9 Å². The molecule has 0 bridgehead atoms. The maximum atomic E-state index is 14.3. The molecule has 11 nitrogen and oxygen atoms in total. The third-order valence-electron chi connectivity index (χ3n) is 6.90. The van der Waals surface area contributed by atoms with E-state index in [1.165, 1.54) is 19.1 Å². The summed E-state index contributed by atoms with van der Waals surface area (Å²) in [5, 5.41) is 2.96. The first-order chi connectivity index (χ1) is 19.2. The van der Waals surface area contributed by atoms with Gasteiger partial charge < -0.3 is 31.0 Å². The Bertz CT molecular complexity index is 1420. The molecular formula is C28H33N5O6S. The number of carbonyl (C=O) groups excluding carboxylic acids is 3. The number of nitrogens with two attached hydrogens (primary N) is 2. The van der Waals surface area contributed by atoms with Crippen LogP contribution in [-0.4, -0.2) is 55.6 Å². The van der Waals surface area contributed by atoms with Gasteiger partial charge in [0.05, 0.1) is 26.0 Å². The number of nitrogens with zero attached hydrogens (tertiary/aromatic N) is 2. The molecule has 1 saturated heterocycles. The highest BCUT2D eigenvalue weighted by Gasteiger charge is 2.37. The van der Waals surface area contributed by atoms with Gasteiger partial charge in [-0.3, -0.25) is 19.3 Å². The third-order valence-corrected chi connectivity index (χ3v) is 7.75. The standard InChI is InChI=1S/C28H33N5O6S/c1-15-7-9-18(12-16(15)2)33(28(36)25-22(29)23(26(30)34)32-40-25)24(27(35)31-14-19-6-5-11-39-19)17-8-10-20(37-3)21(13-17)38-4/h7-10,12-13,19,24H,5-6,11,14,29H2,1-4H3,(H2,30,34)(H,31,35)/t19-,24-/m1/s1. The van der Waals surface area contributed by atoms with Gasteiger partial charge in [0.1, 0.15) is 10.9 Å². The Morgan fingerprint density at radius 1 is 1.12 bits per heavy atom. The van der Waals surface area contributed by atoms with Crippen molar-refractivity contribution in [3.63, 3.8) is 0 Å². The lowest BCUT2D eigenvalue weighted by atomic mass is 10.0. The van der Waals surface area contributed by atoms with Crippen molar-refractivity contribution >= 4 is 40.6 Å². The third kappa shape index (κ3) is 5.87. The first-order valence-corrected chi connectivity index (χ1v) is 13.5. The topological polar surface area (TPSA) is 159 Å². The lowest BCUT2D eigenvalue weighted by Gasteiger charge is -2.32. The number of primary amides is 1. The number of carbonyl (C=O) groups is 3. The van der Waals surface area contributed by atoms with Gasteiger partial charge in [-0.15, -0.1) is 0 Å². The first kappa shape index (κ1) is 28.8. The van der Waals surface area contributed by atoms with Crippen LogP contribution in [0.4, 0.5) is 11.4 Å². The second kappa shape index (κ2) is 12.3. The second-order valence-corrected chi connectivity index (χ2v) is 10.3. The predicted molar refractivity (Wildman–Crippen MR) is 152 cm³/mol. The van der Waals surface area contributed by atoms with Crippen molar-refractivity contribution in [2.45, 2.75) is 38.8 Å². The van der Waals surface area contributed by atoms with E-state index in [9.17, 15) is 14.4 Å². The van der Waals surface area contributed by atoms with Crippen LogP contribution in [0.3, 0.4) is 0 Å². The zero-order valence-corrected chi connectivity index (χ0v) is 23.7. The number of amides is 3. The van der Waals surface area contributed by atoms with Crippen molar-refractivity contribution in [1.29, 1.82) is 0 Å². The molecule has 1 fully saturated rings. The van der Waals surface area contributed by atoms with E-state index in [1.54, 1.807) is 24.3 Å². The Morgan fingerprint density at radius 3 is 2.48 bits per heavy atom. The summed E-state index contributed by atoms with van der Waals surface area (Å²) in [5.41, 5.74) is 14.1. The van der Waals surface area contributed by atoms with Gasteiger partial charge in [0.2, 0.25) is 5.91 Å². The number of aromatic nitrogens is 1. The number of nitrogens with one attached hydrogen (secondary N) is 1. The molecule has 3 amide bonds. The Balaban J connectivity index is 1.88. The average molecular weight is 568 g/mol. The zero-order chi connectivity index (χ0) is 29.0. The van der Waals surface area contributed by atoms with Gasteiger partial charge in [0, 0.05) is 18.8 Å². The molecule has 0 aliphatic carbocycles. The Morgan fingerprint density at radius 2 is 1.88 bits per heavy atom. The van der Waals surface area contributed by atoms with Crippen LogP contribution in [0.25, 0.3) is 0 Å². The fourth-order valence-corrected chi connectivity index (χ4v) is 5.30. The number of aryl methyl sites for hydroxylation is 2. The Kier molecular flexibility index (Phi) is 8.90. The largest absolute Gasteiger partial charge is 0.493 e. The van der Waals surface area contributed by atoms with Crippen LogP contribution in [0.2, 0.25) is 0 Å². The lowest BCUT2D eigenvalue weighted by Crippen LogP contribution is -2.45. The molecule has 1 aromatic heterocycles. The number of hydrogen-bond acceptors (Lipinski definition) is 9. The van der Waals surface area contributed by atoms with Crippen LogP contribution >= 0.6 is 11.5 Å². The molecule has 4 rings (SSSR count). The second-order valence-electron chi connectivity index (χ2n) is 9.48. The van der Waals surface area contributed by atoms with Gasteiger partial charge in [-0.2, -0.15) is 4.37 Å². The summed E-state index contributed by atoms with van der Waals surface area (Å²) in [6, 6.07) is 9.31. The SMILES string of the molecule is COc1ccc([C@H](C(=O)NC[C@H]2CCCO2)N(C(=O)c2snc(C(N)=O)c2N)c2ccc(C)c(C)c2)cc1OC. The molecule has 0 saturated carbocycles. The van der Waals surface area contributed by atoms with Gasteiger partial charge in [0.15, 0.2) is 17.2 Å². The minimum atomic E-state index is -1.16. The fraction of sp³-hybridized carbons (Fsp3) is 0.357. The number of ether oxygens (including phenoxy) is 3.